The first kappa shape index (κ1) is 16.4. The van der Waals surface area contributed by atoms with E-state index in [2.05, 4.69) is 36.3 Å². The molecule has 1 aromatic carbocycles. The highest BCUT2D eigenvalue weighted by atomic mass is 32.1. The Labute approximate surface area is 136 Å². The Bertz CT molecular complexity index is 632. The van der Waals surface area contributed by atoms with Gasteiger partial charge < -0.3 is 5.32 Å². The number of benzene rings is 1. The molecule has 1 heterocycles. The van der Waals surface area contributed by atoms with Crippen molar-refractivity contribution in [1.82, 2.24) is 10.3 Å². The molecule has 1 atom stereocenters. The van der Waals surface area contributed by atoms with Crippen molar-refractivity contribution < 1.29 is 4.79 Å². The monoisotopic (exact) mass is 314 g/mol. The van der Waals surface area contributed by atoms with Crippen LogP contribution in [0.3, 0.4) is 0 Å². The van der Waals surface area contributed by atoms with Crippen molar-refractivity contribution in [1.29, 1.82) is 0 Å². The van der Waals surface area contributed by atoms with Crippen LogP contribution in [0.5, 0.6) is 0 Å². The lowest BCUT2D eigenvalue weighted by Gasteiger charge is -2.20. The molecule has 0 aliphatic rings. The highest BCUT2D eigenvalue weighted by Crippen LogP contribution is 2.21. The average Bonchev–Trinajstić information content (AvgIpc) is 2.91. The number of carbonyl (C=O) groups is 1. The van der Waals surface area contributed by atoms with Crippen molar-refractivity contribution >= 4 is 23.3 Å². The fraction of sp³-hybridized carbons (Fsp3) is 0.333. The number of rotatable bonds is 6. The molecular formula is C18H22N2OS. The fourth-order valence-corrected chi connectivity index (χ4v) is 2.85. The summed E-state index contributed by atoms with van der Waals surface area (Å²) in [6.45, 7) is 6.28. The van der Waals surface area contributed by atoms with Gasteiger partial charge in [0.05, 0.1) is 16.7 Å². The van der Waals surface area contributed by atoms with E-state index in [1.54, 1.807) is 23.5 Å². The van der Waals surface area contributed by atoms with E-state index < -0.39 is 0 Å². The summed E-state index contributed by atoms with van der Waals surface area (Å²) in [6.07, 6.45) is 4.24. The lowest BCUT2D eigenvalue weighted by atomic mass is 9.97. The van der Waals surface area contributed by atoms with Crippen LogP contribution < -0.4 is 5.32 Å². The first-order valence-electron chi connectivity index (χ1n) is 7.50. The third-order valence-electron chi connectivity index (χ3n) is 3.27. The molecule has 0 aliphatic carbocycles. The van der Waals surface area contributed by atoms with E-state index in [0.29, 0.717) is 5.92 Å². The molecular weight excluding hydrogens is 292 g/mol. The highest BCUT2D eigenvalue weighted by molar-refractivity contribution is 7.09. The van der Waals surface area contributed by atoms with Gasteiger partial charge in [-0.05, 0) is 30.9 Å². The summed E-state index contributed by atoms with van der Waals surface area (Å²) in [6, 6.07) is 10.1. The zero-order valence-corrected chi connectivity index (χ0v) is 14.1. The van der Waals surface area contributed by atoms with Gasteiger partial charge in [0.1, 0.15) is 0 Å². The Kier molecular flexibility index (Phi) is 5.90. The van der Waals surface area contributed by atoms with E-state index in [1.807, 2.05) is 30.5 Å². The van der Waals surface area contributed by atoms with Gasteiger partial charge >= 0.3 is 0 Å². The van der Waals surface area contributed by atoms with Crippen LogP contribution in [0.1, 0.15) is 42.6 Å². The zero-order chi connectivity index (χ0) is 15.9. The Morgan fingerprint density at radius 1 is 1.32 bits per heavy atom. The number of aromatic nitrogens is 1. The summed E-state index contributed by atoms with van der Waals surface area (Å²) in [5.41, 5.74) is 1.97. The number of hydrogen-bond acceptors (Lipinski definition) is 3. The molecule has 1 aromatic heterocycles. The number of nitrogens with zero attached hydrogens (tertiary/aromatic N) is 1. The van der Waals surface area contributed by atoms with Crippen LogP contribution in [0.25, 0.3) is 6.08 Å². The molecule has 1 N–H and O–H groups in total. The molecule has 0 saturated carbocycles. The maximum Gasteiger partial charge on any atom is 0.244 e. The van der Waals surface area contributed by atoms with Crippen molar-refractivity contribution in [2.45, 2.75) is 33.2 Å². The first-order chi connectivity index (χ1) is 10.5. The molecule has 0 saturated heterocycles. The summed E-state index contributed by atoms with van der Waals surface area (Å²) in [5, 5.41) is 6.04. The maximum atomic E-state index is 12.2. The molecule has 2 rings (SSSR count). The van der Waals surface area contributed by atoms with E-state index in [4.69, 9.17) is 0 Å². The summed E-state index contributed by atoms with van der Waals surface area (Å²) >= 11 is 1.58. The molecule has 0 spiro atoms. The van der Waals surface area contributed by atoms with Gasteiger partial charge in [-0.3, -0.25) is 4.79 Å². The van der Waals surface area contributed by atoms with Gasteiger partial charge in [0.15, 0.2) is 0 Å². The zero-order valence-electron chi connectivity index (χ0n) is 13.2. The average molecular weight is 314 g/mol. The number of carbonyl (C=O) groups excluding carboxylic acids is 1. The van der Waals surface area contributed by atoms with E-state index in [0.717, 1.165) is 22.7 Å². The number of thiazole rings is 1. The van der Waals surface area contributed by atoms with Crippen molar-refractivity contribution in [2.24, 2.45) is 5.92 Å². The van der Waals surface area contributed by atoms with Crippen LogP contribution in [0, 0.1) is 12.8 Å². The summed E-state index contributed by atoms with van der Waals surface area (Å²) < 4.78 is 0. The number of hydrogen-bond donors (Lipinski definition) is 1. The molecule has 116 valence electrons. The molecule has 0 fully saturated rings. The molecule has 0 bridgehead atoms. The number of aryl methyl sites for hydroxylation is 1. The van der Waals surface area contributed by atoms with Gasteiger partial charge in [-0.25, -0.2) is 4.98 Å². The third-order valence-corrected chi connectivity index (χ3v) is 4.06. The molecule has 3 nitrogen and oxygen atoms in total. The molecule has 22 heavy (non-hydrogen) atoms. The predicted molar refractivity (Wildman–Crippen MR) is 92.7 cm³/mol. The molecule has 0 radical (unpaired) electrons. The SMILES string of the molecule is Cc1nc(/C=C/C(=O)NC(CC(C)C)c2ccccc2)cs1. The third kappa shape index (κ3) is 5.11. The standard InChI is InChI=1S/C18H22N2OS/c1-13(2)11-17(15-7-5-4-6-8-15)20-18(21)10-9-16-12-22-14(3)19-16/h4-10,12-13,17H,11H2,1-3H3,(H,20,21)/b10-9+. The van der Waals surface area contributed by atoms with Crippen LogP contribution in [0.4, 0.5) is 0 Å². The minimum atomic E-state index is -0.0832. The van der Waals surface area contributed by atoms with Crippen molar-refractivity contribution in [3.63, 3.8) is 0 Å². The van der Waals surface area contributed by atoms with Crippen LogP contribution in [0.2, 0.25) is 0 Å². The van der Waals surface area contributed by atoms with Gasteiger partial charge in [-0.1, -0.05) is 44.2 Å². The second-order valence-corrected chi connectivity index (χ2v) is 6.79. The molecule has 4 heteroatoms. The molecule has 2 aromatic rings. The van der Waals surface area contributed by atoms with Crippen LogP contribution in [-0.4, -0.2) is 10.9 Å². The van der Waals surface area contributed by atoms with E-state index in [1.165, 1.54) is 0 Å². The van der Waals surface area contributed by atoms with Crippen molar-refractivity contribution in [3.05, 3.63) is 58.1 Å². The van der Waals surface area contributed by atoms with Crippen molar-refractivity contribution in [2.75, 3.05) is 0 Å². The first-order valence-corrected chi connectivity index (χ1v) is 8.38. The summed E-state index contributed by atoms with van der Waals surface area (Å²) in [7, 11) is 0. The smallest absolute Gasteiger partial charge is 0.244 e. The van der Waals surface area contributed by atoms with E-state index in [9.17, 15) is 4.79 Å². The maximum absolute atomic E-state index is 12.2. The molecule has 0 aliphatic heterocycles. The second kappa shape index (κ2) is 7.90. The van der Waals surface area contributed by atoms with Gasteiger partial charge in [-0.2, -0.15) is 0 Å². The Hall–Kier alpha value is -1.94. The number of amides is 1. The second-order valence-electron chi connectivity index (χ2n) is 5.73. The Morgan fingerprint density at radius 2 is 2.05 bits per heavy atom. The van der Waals surface area contributed by atoms with Gasteiger partial charge in [-0.15, -0.1) is 11.3 Å². The van der Waals surface area contributed by atoms with E-state index >= 15 is 0 Å². The minimum absolute atomic E-state index is 0.0375. The Balaban J connectivity index is 2.03. The summed E-state index contributed by atoms with van der Waals surface area (Å²) in [5.74, 6) is 0.427. The van der Waals surface area contributed by atoms with Gasteiger partial charge in [0, 0.05) is 11.5 Å². The van der Waals surface area contributed by atoms with E-state index in [-0.39, 0.29) is 11.9 Å². The lowest BCUT2D eigenvalue weighted by Crippen LogP contribution is -2.27. The normalized spacial score (nSPS) is 12.7. The number of nitrogens with one attached hydrogen (secondary N) is 1. The fourth-order valence-electron chi connectivity index (χ4n) is 2.27. The van der Waals surface area contributed by atoms with Crippen molar-refractivity contribution in [3.8, 4) is 0 Å². The largest absolute Gasteiger partial charge is 0.346 e. The predicted octanol–water partition coefficient (Wildman–Crippen LogP) is 4.37. The van der Waals surface area contributed by atoms with Gasteiger partial charge in [0.2, 0.25) is 5.91 Å². The Morgan fingerprint density at radius 3 is 2.64 bits per heavy atom. The quantitative estimate of drug-likeness (QED) is 0.805. The molecule has 1 unspecified atom stereocenters. The van der Waals surface area contributed by atoms with Crippen LogP contribution in [-0.2, 0) is 4.79 Å². The minimum Gasteiger partial charge on any atom is -0.346 e. The molecule has 1 amide bonds. The van der Waals surface area contributed by atoms with Gasteiger partial charge in [0.25, 0.3) is 0 Å². The highest BCUT2D eigenvalue weighted by Gasteiger charge is 2.14. The lowest BCUT2D eigenvalue weighted by molar-refractivity contribution is -0.117. The topological polar surface area (TPSA) is 42.0 Å². The van der Waals surface area contributed by atoms with Crippen LogP contribution in [0.15, 0.2) is 41.8 Å². The van der Waals surface area contributed by atoms with Crippen LogP contribution >= 0.6 is 11.3 Å². The summed E-state index contributed by atoms with van der Waals surface area (Å²) in [4.78, 5) is 16.5.